The first kappa shape index (κ1) is 12.6. The zero-order valence-electron chi connectivity index (χ0n) is 10.8. The Balaban J connectivity index is 2.00. The number of nitrogens with one attached hydrogen (secondary N) is 1. The minimum absolute atomic E-state index is 0.290. The van der Waals surface area contributed by atoms with Gasteiger partial charge >= 0.3 is 0 Å². The van der Waals surface area contributed by atoms with Crippen molar-refractivity contribution in [2.24, 2.45) is 0 Å². The summed E-state index contributed by atoms with van der Waals surface area (Å²) in [7, 11) is 0. The van der Waals surface area contributed by atoms with Gasteiger partial charge in [-0.15, -0.1) is 0 Å². The normalized spacial score (nSPS) is 12.1. The number of benzene rings is 1. The van der Waals surface area contributed by atoms with E-state index in [1.54, 1.807) is 6.26 Å². The van der Waals surface area contributed by atoms with Gasteiger partial charge in [0.1, 0.15) is 11.5 Å². The molecule has 3 nitrogen and oxygen atoms in total. The van der Waals surface area contributed by atoms with Gasteiger partial charge < -0.3 is 14.5 Å². The van der Waals surface area contributed by atoms with Crippen molar-refractivity contribution in [1.82, 2.24) is 0 Å². The lowest BCUT2D eigenvalue weighted by Gasteiger charge is -2.17. The summed E-state index contributed by atoms with van der Waals surface area (Å²) >= 11 is 0. The van der Waals surface area contributed by atoms with Gasteiger partial charge in [-0.3, -0.25) is 0 Å². The molecule has 1 heterocycles. The summed E-state index contributed by atoms with van der Waals surface area (Å²) in [5.74, 6) is 1.88. The second kappa shape index (κ2) is 6.15. The third kappa shape index (κ3) is 3.29. The van der Waals surface area contributed by atoms with Crippen molar-refractivity contribution in [3.63, 3.8) is 0 Å². The predicted octanol–water partition coefficient (Wildman–Crippen LogP) is 3.72. The van der Waals surface area contributed by atoms with E-state index in [9.17, 15) is 0 Å². The summed E-state index contributed by atoms with van der Waals surface area (Å²) in [6.07, 6.45) is 2.56. The third-order valence-corrected chi connectivity index (χ3v) is 2.68. The van der Waals surface area contributed by atoms with Crippen LogP contribution in [0.25, 0.3) is 0 Å². The molecule has 0 saturated heterocycles. The average Bonchev–Trinajstić information content (AvgIpc) is 2.84. The van der Waals surface area contributed by atoms with Crippen molar-refractivity contribution < 1.29 is 9.15 Å². The third-order valence-electron chi connectivity index (χ3n) is 2.68. The molecule has 1 atom stereocenters. The van der Waals surface area contributed by atoms with Gasteiger partial charge in [0.25, 0.3) is 0 Å². The first-order valence-electron chi connectivity index (χ1n) is 6.30. The van der Waals surface area contributed by atoms with Crippen molar-refractivity contribution in [3.8, 4) is 5.75 Å². The highest BCUT2D eigenvalue weighted by atomic mass is 16.5. The number of ether oxygens (including phenoxy) is 1. The predicted molar refractivity (Wildman–Crippen MR) is 73.1 cm³/mol. The van der Waals surface area contributed by atoms with Crippen LogP contribution >= 0.6 is 0 Å². The molecule has 0 saturated carbocycles. The Hall–Kier alpha value is -1.90. The second-order valence-corrected chi connectivity index (χ2v) is 4.26. The highest BCUT2D eigenvalue weighted by molar-refractivity contribution is 5.56. The van der Waals surface area contributed by atoms with E-state index in [0.29, 0.717) is 6.61 Å². The van der Waals surface area contributed by atoms with Gasteiger partial charge in [-0.05, 0) is 38.1 Å². The maximum atomic E-state index is 5.59. The lowest BCUT2D eigenvalue weighted by Crippen LogP contribution is -2.18. The van der Waals surface area contributed by atoms with E-state index in [1.165, 1.54) is 0 Å². The van der Waals surface area contributed by atoms with Gasteiger partial charge in [0, 0.05) is 12.5 Å². The monoisotopic (exact) mass is 245 g/mol. The lowest BCUT2D eigenvalue weighted by molar-refractivity contribution is 0.341. The van der Waals surface area contributed by atoms with Crippen molar-refractivity contribution in [2.75, 3.05) is 11.9 Å². The second-order valence-electron chi connectivity index (χ2n) is 4.26. The summed E-state index contributed by atoms with van der Waals surface area (Å²) in [5, 5.41) is 3.45. The molecule has 0 aliphatic rings. The summed E-state index contributed by atoms with van der Waals surface area (Å²) in [6, 6.07) is 12.2. The van der Waals surface area contributed by atoms with Crippen molar-refractivity contribution in [1.29, 1.82) is 0 Å². The summed E-state index contributed by atoms with van der Waals surface area (Å²) in [6.45, 7) is 4.79. The Morgan fingerprint density at radius 3 is 2.78 bits per heavy atom. The maximum Gasteiger partial charge on any atom is 0.142 e. The van der Waals surface area contributed by atoms with Crippen LogP contribution in [0.3, 0.4) is 0 Å². The maximum absolute atomic E-state index is 5.59. The van der Waals surface area contributed by atoms with Crippen molar-refractivity contribution in [3.05, 3.63) is 48.4 Å². The number of hydrogen-bond donors (Lipinski definition) is 1. The zero-order chi connectivity index (χ0) is 12.8. The number of para-hydroxylation sites is 2. The minimum atomic E-state index is 0.290. The fraction of sp³-hybridized carbons (Fsp3) is 0.333. The highest BCUT2D eigenvalue weighted by Crippen LogP contribution is 2.24. The molecule has 18 heavy (non-hydrogen) atoms. The number of furan rings is 1. The van der Waals surface area contributed by atoms with Gasteiger partial charge in [-0.1, -0.05) is 12.1 Å². The molecule has 0 fully saturated rings. The van der Waals surface area contributed by atoms with E-state index in [-0.39, 0.29) is 6.04 Å². The number of rotatable bonds is 6. The van der Waals surface area contributed by atoms with E-state index in [0.717, 1.165) is 23.6 Å². The Morgan fingerprint density at radius 2 is 2.06 bits per heavy atom. The minimum Gasteiger partial charge on any atom is -0.492 e. The molecule has 1 aromatic heterocycles. The topological polar surface area (TPSA) is 34.4 Å². The van der Waals surface area contributed by atoms with Gasteiger partial charge in [0.05, 0.1) is 18.6 Å². The van der Waals surface area contributed by atoms with Crippen LogP contribution in [0.2, 0.25) is 0 Å². The van der Waals surface area contributed by atoms with E-state index < -0.39 is 0 Å². The van der Waals surface area contributed by atoms with E-state index in [1.807, 2.05) is 43.3 Å². The molecule has 0 aliphatic heterocycles. The van der Waals surface area contributed by atoms with Crippen LogP contribution in [0.1, 0.15) is 19.6 Å². The Morgan fingerprint density at radius 1 is 1.22 bits per heavy atom. The van der Waals surface area contributed by atoms with Crippen LogP contribution in [0, 0.1) is 0 Å². The zero-order valence-corrected chi connectivity index (χ0v) is 10.8. The molecule has 0 spiro atoms. The van der Waals surface area contributed by atoms with Crippen LogP contribution in [-0.2, 0) is 6.42 Å². The molecule has 0 aliphatic carbocycles. The molecule has 0 amide bonds. The first-order valence-corrected chi connectivity index (χ1v) is 6.30. The van der Waals surface area contributed by atoms with Crippen LogP contribution in [-0.4, -0.2) is 12.6 Å². The summed E-state index contributed by atoms with van der Waals surface area (Å²) in [4.78, 5) is 0. The van der Waals surface area contributed by atoms with Gasteiger partial charge in [-0.25, -0.2) is 0 Å². The molecular formula is C15H19NO2. The Labute approximate surface area is 108 Å². The van der Waals surface area contributed by atoms with Crippen LogP contribution in [0.5, 0.6) is 5.75 Å². The molecular weight excluding hydrogens is 226 g/mol. The van der Waals surface area contributed by atoms with Crippen LogP contribution < -0.4 is 10.1 Å². The van der Waals surface area contributed by atoms with Gasteiger partial charge in [-0.2, -0.15) is 0 Å². The Kier molecular flexibility index (Phi) is 4.29. The molecule has 2 aromatic rings. The molecule has 1 N–H and O–H groups in total. The SMILES string of the molecule is CCOc1ccccc1NC(C)Cc1ccco1. The quantitative estimate of drug-likeness (QED) is 0.842. The molecule has 96 valence electrons. The lowest BCUT2D eigenvalue weighted by atomic mass is 10.2. The summed E-state index contributed by atoms with van der Waals surface area (Å²) in [5.41, 5.74) is 1.03. The number of anilines is 1. The van der Waals surface area contributed by atoms with E-state index in [4.69, 9.17) is 9.15 Å². The van der Waals surface area contributed by atoms with Crippen molar-refractivity contribution >= 4 is 5.69 Å². The largest absolute Gasteiger partial charge is 0.492 e. The van der Waals surface area contributed by atoms with Crippen LogP contribution in [0.15, 0.2) is 47.1 Å². The summed E-state index contributed by atoms with van der Waals surface area (Å²) < 4.78 is 10.9. The smallest absolute Gasteiger partial charge is 0.142 e. The standard InChI is InChI=1S/C15H19NO2/c1-3-17-15-9-5-4-8-14(15)16-12(2)11-13-7-6-10-18-13/h4-10,12,16H,3,11H2,1-2H3. The van der Waals surface area contributed by atoms with E-state index >= 15 is 0 Å². The molecule has 3 heteroatoms. The molecule has 0 bridgehead atoms. The van der Waals surface area contributed by atoms with Gasteiger partial charge in [0.15, 0.2) is 0 Å². The fourth-order valence-corrected chi connectivity index (χ4v) is 1.91. The first-order chi connectivity index (χ1) is 8.79. The number of hydrogen-bond acceptors (Lipinski definition) is 3. The molecule has 1 aromatic carbocycles. The average molecular weight is 245 g/mol. The van der Waals surface area contributed by atoms with Crippen molar-refractivity contribution in [2.45, 2.75) is 26.3 Å². The van der Waals surface area contributed by atoms with Crippen LogP contribution in [0.4, 0.5) is 5.69 Å². The molecule has 0 radical (unpaired) electrons. The van der Waals surface area contributed by atoms with Gasteiger partial charge in [0.2, 0.25) is 0 Å². The molecule has 2 rings (SSSR count). The fourth-order valence-electron chi connectivity index (χ4n) is 1.91. The van der Waals surface area contributed by atoms with E-state index in [2.05, 4.69) is 12.2 Å². The Bertz CT molecular complexity index is 465. The highest BCUT2D eigenvalue weighted by Gasteiger charge is 2.08. The molecule has 1 unspecified atom stereocenters.